The minimum atomic E-state index is 0.444. The Morgan fingerprint density at radius 2 is 1.53 bits per heavy atom. The molecule has 0 amide bonds. The monoisotopic (exact) mass is 210 g/mol. The van der Waals surface area contributed by atoms with E-state index in [-0.39, 0.29) is 0 Å². The fraction of sp³-hybridized carbons (Fsp3) is 0.923. The molecule has 0 aromatic rings. The standard InChI is InChI=1S/C13H26N2/c1-6-13(7-8-14)15(9-11(2)3)10-12(4)5/h11-13H,6-7,9-10H2,1-5H3. The highest BCUT2D eigenvalue weighted by Crippen LogP contribution is 2.13. The maximum absolute atomic E-state index is 8.81. The van der Waals surface area contributed by atoms with Gasteiger partial charge in [0.1, 0.15) is 0 Å². The third kappa shape index (κ3) is 6.52. The lowest BCUT2D eigenvalue weighted by Gasteiger charge is -2.32. The number of hydrogen-bond acceptors (Lipinski definition) is 2. The number of rotatable bonds is 7. The van der Waals surface area contributed by atoms with Crippen molar-refractivity contribution >= 4 is 0 Å². The molecule has 15 heavy (non-hydrogen) atoms. The van der Waals surface area contributed by atoms with Gasteiger partial charge >= 0.3 is 0 Å². The first-order valence-corrected chi connectivity index (χ1v) is 6.12. The fourth-order valence-corrected chi connectivity index (χ4v) is 1.95. The van der Waals surface area contributed by atoms with Crippen molar-refractivity contribution in [3.05, 3.63) is 0 Å². The molecule has 0 heterocycles. The van der Waals surface area contributed by atoms with Crippen molar-refractivity contribution in [1.82, 2.24) is 4.90 Å². The highest BCUT2D eigenvalue weighted by molar-refractivity contribution is 4.82. The molecule has 0 aliphatic rings. The Morgan fingerprint density at radius 1 is 1.07 bits per heavy atom. The molecule has 0 saturated heterocycles. The number of nitrogens with zero attached hydrogens (tertiary/aromatic N) is 2. The van der Waals surface area contributed by atoms with Gasteiger partial charge in [-0.15, -0.1) is 0 Å². The topological polar surface area (TPSA) is 27.0 Å². The van der Waals surface area contributed by atoms with E-state index in [0.717, 1.165) is 19.5 Å². The molecular weight excluding hydrogens is 184 g/mol. The molecule has 0 fully saturated rings. The van der Waals surface area contributed by atoms with Crippen LogP contribution >= 0.6 is 0 Å². The molecule has 1 atom stereocenters. The summed E-state index contributed by atoms with van der Waals surface area (Å²) in [5.74, 6) is 1.35. The van der Waals surface area contributed by atoms with Gasteiger partial charge in [-0.1, -0.05) is 34.6 Å². The molecule has 0 N–H and O–H groups in total. The Morgan fingerprint density at radius 3 is 1.80 bits per heavy atom. The normalized spacial score (nSPS) is 13.5. The van der Waals surface area contributed by atoms with Crippen LogP contribution in [0.4, 0.5) is 0 Å². The summed E-state index contributed by atoms with van der Waals surface area (Å²) in [6.07, 6.45) is 1.74. The quantitative estimate of drug-likeness (QED) is 0.644. The first-order chi connectivity index (χ1) is 7.01. The molecule has 2 nitrogen and oxygen atoms in total. The fourth-order valence-electron chi connectivity index (χ4n) is 1.95. The van der Waals surface area contributed by atoms with E-state index in [1.54, 1.807) is 0 Å². The van der Waals surface area contributed by atoms with Crippen LogP contribution in [0.5, 0.6) is 0 Å². The Kier molecular flexibility index (Phi) is 7.42. The van der Waals surface area contributed by atoms with Gasteiger partial charge in [-0.25, -0.2) is 0 Å². The molecule has 0 bridgehead atoms. The molecule has 88 valence electrons. The van der Waals surface area contributed by atoms with Crippen LogP contribution < -0.4 is 0 Å². The van der Waals surface area contributed by atoms with Crippen molar-refractivity contribution < 1.29 is 0 Å². The Bertz CT molecular complexity index is 181. The van der Waals surface area contributed by atoms with E-state index in [1.165, 1.54) is 0 Å². The van der Waals surface area contributed by atoms with Crippen LogP contribution in [-0.2, 0) is 0 Å². The molecule has 0 spiro atoms. The molecule has 2 heteroatoms. The molecule has 0 rings (SSSR count). The predicted octanol–water partition coefficient (Wildman–Crippen LogP) is 3.29. The Labute approximate surface area is 95.3 Å². The zero-order chi connectivity index (χ0) is 11.8. The second-order valence-corrected chi connectivity index (χ2v) is 5.17. The van der Waals surface area contributed by atoms with E-state index >= 15 is 0 Å². The summed E-state index contributed by atoms with van der Waals surface area (Å²) >= 11 is 0. The van der Waals surface area contributed by atoms with E-state index in [4.69, 9.17) is 5.26 Å². The van der Waals surface area contributed by atoms with Crippen molar-refractivity contribution in [3.8, 4) is 6.07 Å². The lowest BCUT2D eigenvalue weighted by Crippen LogP contribution is -2.39. The van der Waals surface area contributed by atoms with Gasteiger partial charge in [-0.3, -0.25) is 4.90 Å². The van der Waals surface area contributed by atoms with E-state index in [0.29, 0.717) is 24.3 Å². The van der Waals surface area contributed by atoms with E-state index < -0.39 is 0 Å². The second kappa shape index (κ2) is 7.70. The van der Waals surface area contributed by atoms with Crippen LogP contribution in [0.1, 0.15) is 47.5 Å². The average molecular weight is 210 g/mol. The minimum Gasteiger partial charge on any atom is -0.299 e. The minimum absolute atomic E-state index is 0.444. The van der Waals surface area contributed by atoms with Crippen LogP contribution in [0.15, 0.2) is 0 Å². The van der Waals surface area contributed by atoms with Gasteiger partial charge in [0.05, 0.1) is 12.5 Å². The van der Waals surface area contributed by atoms with E-state index in [1.807, 2.05) is 0 Å². The molecular formula is C13H26N2. The SMILES string of the molecule is CCC(CC#N)N(CC(C)C)CC(C)C. The summed E-state index contributed by atoms with van der Waals surface area (Å²) in [5, 5.41) is 8.81. The Hall–Kier alpha value is -0.550. The van der Waals surface area contributed by atoms with Gasteiger partial charge in [0.2, 0.25) is 0 Å². The molecule has 0 aromatic heterocycles. The van der Waals surface area contributed by atoms with Crippen molar-refractivity contribution in [2.75, 3.05) is 13.1 Å². The van der Waals surface area contributed by atoms with Crippen molar-refractivity contribution in [1.29, 1.82) is 5.26 Å². The highest BCUT2D eigenvalue weighted by Gasteiger charge is 2.18. The highest BCUT2D eigenvalue weighted by atomic mass is 15.2. The van der Waals surface area contributed by atoms with Crippen LogP contribution in [0.2, 0.25) is 0 Å². The van der Waals surface area contributed by atoms with Gasteiger partial charge in [-0.05, 0) is 18.3 Å². The summed E-state index contributed by atoms with van der Waals surface area (Å²) in [4.78, 5) is 2.48. The lowest BCUT2D eigenvalue weighted by atomic mass is 10.1. The molecule has 0 aliphatic carbocycles. The summed E-state index contributed by atoms with van der Waals surface area (Å²) in [7, 11) is 0. The van der Waals surface area contributed by atoms with Gasteiger partial charge < -0.3 is 0 Å². The maximum atomic E-state index is 8.81. The van der Waals surface area contributed by atoms with E-state index in [9.17, 15) is 0 Å². The zero-order valence-electron chi connectivity index (χ0n) is 11.0. The summed E-state index contributed by atoms with van der Waals surface area (Å²) in [6.45, 7) is 13.4. The first-order valence-electron chi connectivity index (χ1n) is 6.12. The third-order valence-corrected chi connectivity index (χ3v) is 2.51. The first kappa shape index (κ1) is 14.5. The van der Waals surface area contributed by atoms with Gasteiger partial charge in [0.15, 0.2) is 0 Å². The summed E-state index contributed by atoms with van der Waals surface area (Å²) in [5.41, 5.74) is 0. The summed E-state index contributed by atoms with van der Waals surface area (Å²) < 4.78 is 0. The molecule has 0 radical (unpaired) electrons. The molecule has 0 aromatic carbocycles. The number of hydrogen-bond donors (Lipinski definition) is 0. The average Bonchev–Trinajstić information content (AvgIpc) is 2.11. The smallest absolute Gasteiger partial charge is 0.0638 e. The maximum Gasteiger partial charge on any atom is 0.0638 e. The van der Waals surface area contributed by atoms with E-state index in [2.05, 4.69) is 45.6 Å². The van der Waals surface area contributed by atoms with Crippen molar-refractivity contribution in [2.24, 2.45) is 11.8 Å². The van der Waals surface area contributed by atoms with Crippen molar-refractivity contribution in [2.45, 2.75) is 53.5 Å². The molecule has 0 aliphatic heterocycles. The van der Waals surface area contributed by atoms with Gasteiger partial charge in [-0.2, -0.15) is 5.26 Å². The lowest BCUT2D eigenvalue weighted by molar-refractivity contribution is 0.154. The molecule has 0 saturated carbocycles. The third-order valence-electron chi connectivity index (χ3n) is 2.51. The van der Waals surface area contributed by atoms with Crippen LogP contribution in [-0.4, -0.2) is 24.0 Å². The second-order valence-electron chi connectivity index (χ2n) is 5.17. The van der Waals surface area contributed by atoms with Crippen molar-refractivity contribution in [3.63, 3.8) is 0 Å². The van der Waals surface area contributed by atoms with Crippen LogP contribution in [0, 0.1) is 23.2 Å². The Balaban J connectivity index is 4.36. The number of nitriles is 1. The van der Waals surface area contributed by atoms with Gasteiger partial charge in [0.25, 0.3) is 0 Å². The largest absolute Gasteiger partial charge is 0.299 e. The van der Waals surface area contributed by atoms with Crippen LogP contribution in [0.3, 0.4) is 0 Å². The van der Waals surface area contributed by atoms with Crippen LogP contribution in [0.25, 0.3) is 0 Å². The zero-order valence-corrected chi connectivity index (χ0v) is 11.0. The predicted molar refractivity (Wildman–Crippen MR) is 65.6 cm³/mol. The summed E-state index contributed by atoms with van der Waals surface area (Å²) in [6, 6.07) is 2.75. The molecule has 1 unspecified atom stereocenters. The van der Waals surface area contributed by atoms with Gasteiger partial charge in [0, 0.05) is 19.1 Å².